The Morgan fingerprint density at radius 1 is 1.10 bits per heavy atom. The summed E-state index contributed by atoms with van der Waals surface area (Å²) in [6.45, 7) is 0.865. The molecule has 0 aliphatic carbocycles. The lowest BCUT2D eigenvalue weighted by atomic mass is 10.2. The number of hydrogen-bond donors (Lipinski definition) is 2. The summed E-state index contributed by atoms with van der Waals surface area (Å²) in [6.07, 6.45) is 1.39. The molecule has 8 nitrogen and oxygen atoms in total. The van der Waals surface area contributed by atoms with Crippen molar-refractivity contribution >= 4 is 34.0 Å². The minimum atomic E-state index is -0.877. The van der Waals surface area contributed by atoms with Crippen molar-refractivity contribution in [2.24, 2.45) is 5.10 Å². The first kappa shape index (κ1) is 22.4. The van der Waals surface area contributed by atoms with Gasteiger partial charge in [-0.1, -0.05) is 34.1 Å². The molecule has 0 saturated heterocycles. The Morgan fingerprint density at radius 3 is 2.55 bits per heavy atom. The van der Waals surface area contributed by atoms with E-state index in [2.05, 4.69) is 31.8 Å². The van der Waals surface area contributed by atoms with Gasteiger partial charge in [-0.25, -0.2) is 5.43 Å². The monoisotopic (exact) mass is 463 g/mol. The van der Waals surface area contributed by atoms with Gasteiger partial charge in [-0.3, -0.25) is 9.59 Å². The summed E-state index contributed by atoms with van der Waals surface area (Å²) >= 11 is 3.40. The smallest absolute Gasteiger partial charge is 0.329 e. The highest BCUT2D eigenvalue weighted by Crippen LogP contribution is 2.30. The van der Waals surface area contributed by atoms with Crippen LogP contribution >= 0.6 is 15.9 Å². The minimum absolute atomic E-state index is 0.233. The number of ether oxygens (including phenoxy) is 3. The topological polar surface area (TPSA) is 98.2 Å². The number of carbonyl (C=O) groups is 2. The molecule has 9 heteroatoms. The van der Waals surface area contributed by atoms with Gasteiger partial charge in [-0.05, 0) is 29.8 Å². The predicted molar refractivity (Wildman–Crippen MR) is 112 cm³/mol. The molecule has 2 N–H and O–H groups in total. The summed E-state index contributed by atoms with van der Waals surface area (Å²) in [5.74, 6) is -0.677. The van der Waals surface area contributed by atoms with Crippen molar-refractivity contribution in [2.75, 3.05) is 27.4 Å². The van der Waals surface area contributed by atoms with Crippen LogP contribution in [0, 0.1) is 0 Å². The molecule has 2 aromatic rings. The maximum Gasteiger partial charge on any atom is 0.329 e. The Kier molecular flexibility index (Phi) is 9.13. The second-order valence-corrected chi connectivity index (χ2v) is 6.66. The van der Waals surface area contributed by atoms with Crippen LogP contribution < -0.4 is 20.2 Å². The van der Waals surface area contributed by atoms with Gasteiger partial charge in [0.15, 0.2) is 11.5 Å². The fourth-order valence-electron chi connectivity index (χ4n) is 2.24. The van der Waals surface area contributed by atoms with Crippen LogP contribution in [0.1, 0.15) is 11.1 Å². The average molecular weight is 464 g/mol. The Morgan fingerprint density at radius 2 is 1.86 bits per heavy atom. The lowest BCUT2D eigenvalue weighted by Gasteiger charge is -2.13. The van der Waals surface area contributed by atoms with E-state index >= 15 is 0 Å². The van der Waals surface area contributed by atoms with Gasteiger partial charge in [0, 0.05) is 23.7 Å². The van der Waals surface area contributed by atoms with Crippen LogP contribution in [0.2, 0.25) is 0 Å². The van der Waals surface area contributed by atoms with Gasteiger partial charge in [-0.2, -0.15) is 5.10 Å². The number of methoxy groups -OCH3 is 2. The van der Waals surface area contributed by atoms with Crippen molar-refractivity contribution in [1.82, 2.24) is 10.7 Å². The van der Waals surface area contributed by atoms with Crippen LogP contribution in [0.15, 0.2) is 52.0 Å². The lowest BCUT2D eigenvalue weighted by Crippen LogP contribution is -2.39. The van der Waals surface area contributed by atoms with E-state index in [1.165, 1.54) is 20.4 Å². The molecule has 0 aliphatic heterocycles. The van der Waals surface area contributed by atoms with Gasteiger partial charge < -0.3 is 19.5 Å². The highest BCUT2D eigenvalue weighted by atomic mass is 79.9. The molecule has 29 heavy (non-hydrogen) atoms. The van der Waals surface area contributed by atoms with E-state index in [-0.39, 0.29) is 6.54 Å². The van der Waals surface area contributed by atoms with Gasteiger partial charge in [-0.15, -0.1) is 0 Å². The molecular weight excluding hydrogens is 442 g/mol. The highest BCUT2D eigenvalue weighted by molar-refractivity contribution is 9.10. The number of halogens is 1. The molecule has 0 aromatic heterocycles. The first-order valence-electron chi connectivity index (χ1n) is 8.69. The molecule has 0 heterocycles. The van der Waals surface area contributed by atoms with Crippen LogP contribution in [-0.2, 0) is 20.9 Å². The van der Waals surface area contributed by atoms with E-state index in [1.54, 1.807) is 18.2 Å². The van der Waals surface area contributed by atoms with Crippen molar-refractivity contribution in [2.45, 2.75) is 6.61 Å². The number of carbonyl (C=O) groups excluding carboxylic acids is 2. The highest BCUT2D eigenvalue weighted by Gasteiger charge is 2.13. The maximum atomic E-state index is 11.7. The minimum Gasteiger partial charge on any atom is -0.493 e. The third-order valence-corrected chi connectivity index (χ3v) is 4.22. The number of nitrogens with one attached hydrogen (secondary N) is 2. The number of hydrogen-bond acceptors (Lipinski definition) is 6. The zero-order valence-electron chi connectivity index (χ0n) is 16.1. The molecule has 0 spiro atoms. The van der Waals surface area contributed by atoms with Crippen molar-refractivity contribution in [1.29, 1.82) is 0 Å². The summed E-state index contributed by atoms with van der Waals surface area (Å²) in [4.78, 5) is 23.3. The molecular formula is C20H22BrN3O5. The zero-order chi connectivity index (χ0) is 21.1. The summed E-state index contributed by atoms with van der Waals surface area (Å²) < 4.78 is 17.1. The normalized spacial score (nSPS) is 10.6. The van der Waals surface area contributed by atoms with E-state index in [0.717, 1.165) is 10.0 Å². The van der Waals surface area contributed by atoms with Crippen molar-refractivity contribution in [3.63, 3.8) is 0 Å². The van der Waals surface area contributed by atoms with Gasteiger partial charge in [0.1, 0.15) is 6.61 Å². The molecule has 2 rings (SSSR count). The van der Waals surface area contributed by atoms with Gasteiger partial charge in [0.05, 0.1) is 19.9 Å². The van der Waals surface area contributed by atoms with Gasteiger partial charge in [0.25, 0.3) is 0 Å². The quantitative estimate of drug-likeness (QED) is 0.257. The molecule has 0 unspecified atom stereocenters. The fraction of sp³-hybridized carbons (Fsp3) is 0.250. The average Bonchev–Trinajstić information content (AvgIpc) is 2.73. The number of amides is 2. The summed E-state index contributed by atoms with van der Waals surface area (Å²) in [5.41, 5.74) is 3.74. The molecule has 0 radical (unpaired) electrons. The first-order chi connectivity index (χ1) is 14.0. The number of para-hydroxylation sites is 1. The molecule has 0 bridgehead atoms. The van der Waals surface area contributed by atoms with Crippen LogP contribution in [0.5, 0.6) is 11.5 Å². The molecule has 0 aliphatic rings. The SMILES string of the molecule is COCCNC(=O)C(=O)N/N=C\c1cccc(OC)c1OCc1ccc(Br)cc1. The summed E-state index contributed by atoms with van der Waals surface area (Å²) in [6, 6.07) is 13.0. The van der Waals surface area contributed by atoms with Crippen molar-refractivity contribution < 1.29 is 23.8 Å². The molecule has 0 atom stereocenters. The maximum absolute atomic E-state index is 11.7. The predicted octanol–water partition coefficient (Wildman–Crippen LogP) is 2.25. The Bertz CT molecular complexity index is 856. The van der Waals surface area contributed by atoms with E-state index in [0.29, 0.717) is 30.3 Å². The van der Waals surface area contributed by atoms with E-state index < -0.39 is 11.8 Å². The standard InChI is InChI=1S/C20H22BrN3O5/c1-27-11-10-22-19(25)20(26)24-23-12-15-4-3-5-17(28-2)18(15)29-13-14-6-8-16(21)9-7-14/h3-9,12H,10-11,13H2,1-2H3,(H,22,25)(H,24,26)/b23-12-. The molecule has 2 amide bonds. The van der Waals surface area contributed by atoms with E-state index in [9.17, 15) is 9.59 Å². The van der Waals surface area contributed by atoms with Crippen LogP contribution in [0.4, 0.5) is 0 Å². The number of benzene rings is 2. The third-order valence-electron chi connectivity index (χ3n) is 3.69. The van der Waals surface area contributed by atoms with Gasteiger partial charge >= 0.3 is 11.8 Å². The van der Waals surface area contributed by atoms with Crippen molar-refractivity contribution in [3.05, 3.63) is 58.1 Å². The summed E-state index contributed by atoms with van der Waals surface area (Å²) in [7, 11) is 3.04. The van der Waals surface area contributed by atoms with Crippen LogP contribution in [0.3, 0.4) is 0 Å². The third kappa shape index (κ3) is 7.20. The Hall–Kier alpha value is -2.91. The Balaban J connectivity index is 2.04. The fourth-order valence-corrected chi connectivity index (χ4v) is 2.51. The molecule has 154 valence electrons. The number of rotatable bonds is 9. The van der Waals surface area contributed by atoms with Crippen LogP contribution in [-0.4, -0.2) is 45.4 Å². The largest absolute Gasteiger partial charge is 0.493 e. The van der Waals surface area contributed by atoms with Gasteiger partial charge in [0.2, 0.25) is 0 Å². The lowest BCUT2D eigenvalue weighted by molar-refractivity contribution is -0.139. The summed E-state index contributed by atoms with van der Waals surface area (Å²) in [5, 5.41) is 6.24. The number of hydrazone groups is 1. The molecule has 0 saturated carbocycles. The second-order valence-electron chi connectivity index (χ2n) is 5.74. The Labute approximate surface area is 177 Å². The van der Waals surface area contributed by atoms with E-state index in [1.807, 2.05) is 24.3 Å². The second kappa shape index (κ2) is 11.8. The molecule has 2 aromatic carbocycles. The first-order valence-corrected chi connectivity index (χ1v) is 9.49. The molecule has 0 fully saturated rings. The zero-order valence-corrected chi connectivity index (χ0v) is 17.7. The van der Waals surface area contributed by atoms with Crippen LogP contribution in [0.25, 0.3) is 0 Å². The van der Waals surface area contributed by atoms with E-state index in [4.69, 9.17) is 14.2 Å². The van der Waals surface area contributed by atoms with Crippen molar-refractivity contribution in [3.8, 4) is 11.5 Å². The number of nitrogens with zero attached hydrogens (tertiary/aromatic N) is 1.